The minimum atomic E-state index is 0.153. The molecular formula is C15H17NO2S2. The Hall–Kier alpha value is -1.17. The maximum absolute atomic E-state index is 12.7. The van der Waals surface area contributed by atoms with Gasteiger partial charge in [0.05, 0.1) is 11.4 Å². The van der Waals surface area contributed by atoms with Crippen molar-refractivity contribution in [3.63, 3.8) is 0 Å². The Morgan fingerprint density at radius 2 is 1.95 bits per heavy atom. The summed E-state index contributed by atoms with van der Waals surface area (Å²) in [7, 11) is 0. The van der Waals surface area contributed by atoms with Crippen LogP contribution in [-0.2, 0) is 11.3 Å². The van der Waals surface area contributed by atoms with Crippen molar-refractivity contribution in [3.05, 3.63) is 44.8 Å². The normalized spacial score (nSPS) is 16.2. The van der Waals surface area contributed by atoms with Crippen LogP contribution in [0.15, 0.2) is 35.0 Å². The zero-order valence-electron chi connectivity index (χ0n) is 11.2. The third kappa shape index (κ3) is 3.11. The van der Waals surface area contributed by atoms with Crippen molar-refractivity contribution >= 4 is 28.6 Å². The smallest absolute Gasteiger partial charge is 0.264 e. The average molecular weight is 307 g/mol. The largest absolute Gasteiger partial charge is 0.381 e. The van der Waals surface area contributed by atoms with Gasteiger partial charge in [-0.1, -0.05) is 12.1 Å². The van der Waals surface area contributed by atoms with Gasteiger partial charge in [-0.2, -0.15) is 0 Å². The van der Waals surface area contributed by atoms with E-state index < -0.39 is 0 Å². The Morgan fingerprint density at radius 1 is 1.20 bits per heavy atom. The first-order valence-electron chi connectivity index (χ1n) is 6.79. The minimum Gasteiger partial charge on any atom is -0.381 e. The highest BCUT2D eigenvalue weighted by molar-refractivity contribution is 7.12. The van der Waals surface area contributed by atoms with Gasteiger partial charge in [-0.15, -0.1) is 22.7 Å². The Morgan fingerprint density at radius 3 is 2.60 bits per heavy atom. The molecule has 0 bridgehead atoms. The second-order valence-corrected chi connectivity index (χ2v) is 6.81. The molecule has 0 aliphatic carbocycles. The van der Waals surface area contributed by atoms with Crippen molar-refractivity contribution in [3.8, 4) is 0 Å². The molecule has 0 spiro atoms. The second kappa shape index (κ2) is 6.52. The van der Waals surface area contributed by atoms with Crippen molar-refractivity contribution < 1.29 is 9.53 Å². The molecule has 0 atom stereocenters. The molecule has 0 unspecified atom stereocenters. The van der Waals surface area contributed by atoms with Gasteiger partial charge in [0, 0.05) is 24.1 Å². The van der Waals surface area contributed by atoms with Crippen molar-refractivity contribution in [1.82, 2.24) is 4.90 Å². The van der Waals surface area contributed by atoms with Gasteiger partial charge in [0.25, 0.3) is 5.91 Å². The fourth-order valence-electron chi connectivity index (χ4n) is 2.48. The van der Waals surface area contributed by atoms with Crippen LogP contribution in [0.2, 0.25) is 0 Å². The van der Waals surface area contributed by atoms with Gasteiger partial charge in [0.2, 0.25) is 0 Å². The summed E-state index contributed by atoms with van der Waals surface area (Å²) in [4.78, 5) is 16.8. The maximum Gasteiger partial charge on any atom is 0.264 e. The molecule has 2 aromatic heterocycles. The number of amides is 1. The molecule has 1 aliphatic rings. The number of thiophene rings is 2. The van der Waals surface area contributed by atoms with Gasteiger partial charge < -0.3 is 9.64 Å². The van der Waals surface area contributed by atoms with E-state index in [4.69, 9.17) is 4.74 Å². The molecule has 1 saturated heterocycles. The molecular weight excluding hydrogens is 290 g/mol. The summed E-state index contributed by atoms with van der Waals surface area (Å²) in [6.45, 7) is 2.21. The molecule has 1 fully saturated rings. The van der Waals surface area contributed by atoms with Crippen LogP contribution >= 0.6 is 22.7 Å². The summed E-state index contributed by atoms with van der Waals surface area (Å²) in [6, 6.07) is 8.27. The van der Waals surface area contributed by atoms with Crippen molar-refractivity contribution in [1.29, 1.82) is 0 Å². The molecule has 3 heterocycles. The Kier molecular flexibility index (Phi) is 4.50. The monoisotopic (exact) mass is 307 g/mol. The number of carbonyl (C=O) groups excluding carboxylic acids is 1. The van der Waals surface area contributed by atoms with E-state index in [1.807, 2.05) is 28.5 Å². The van der Waals surface area contributed by atoms with E-state index >= 15 is 0 Å². The molecule has 2 aromatic rings. The molecule has 0 saturated carbocycles. The lowest BCUT2D eigenvalue weighted by molar-refractivity contribution is 0.0273. The number of hydrogen-bond acceptors (Lipinski definition) is 4. The standard InChI is InChI=1S/C15H17NO2S2/c17-15(14-4-2-10-20-14)16(11-13-3-1-9-19-13)12-5-7-18-8-6-12/h1-4,9-10,12H,5-8,11H2. The van der Waals surface area contributed by atoms with E-state index in [0.717, 1.165) is 30.9 Å². The zero-order chi connectivity index (χ0) is 13.8. The van der Waals surface area contributed by atoms with Crippen molar-refractivity contribution in [2.75, 3.05) is 13.2 Å². The average Bonchev–Trinajstić information content (AvgIpc) is 3.18. The van der Waals surface area contributed by atoms with Crippen LogP contribution in [0.3, 0.4) is 0 Å². The summed E-state index contributed by atoms with van der Waals surface area (Å²) < 4.78 is 5.42. The first kappa shape index (κ1) is 13.8. The number of carbonyl (C=O) groups is 1. The van der Waals surface area contributed by atoms with Gasteiger partial charge in [-0.05, 0) is 35.7 Å². The van der Waals surface area contributed by atoms with Crippen molar-refractivity contribution in [2.45, 2.75) is 25.4 Å². The van der Waals surface area contributed by atoms with Crippen LogP contribution in [0.5, 0.6) is 0 Å². The number of hydrogen-bond donors (Lipinski definition) is 0. The highest BCUT2D eigenvalue weighted by Gasteiger charge is 2.27. The first-order chi connectivity index (χ1) is 9.84. The van der Waals surface area contributed by atoms with Gasteiger partial charge >= 0.3 is 0 Å². The van der Waals surface area contributed by atoms with Crippen LogP contribution < -0.4 is 0 Å². The van der Waals surface area contributed by atoms with E-state index in [9.17, 15) is 4.79 Å². The predicted octanol–water partition coefficient (Wildman–Crippen LogP) is 3.63. The molecule has 0 radical (unpaired) electrons. The number of rotatable bonds is 4. The zero-order valence-corrected chi connectivity index (χ0v) is 12.8. The van der Waals surface area contributed by atoms with Crippen LogP contribution in [0.4, 0.5) is 0 Å². The summed E-state index contributed by atoms with van der Waals surface area (Å²) in [5.74, 6) is 0.153. The Labute approximate surface area is 126 Å². The van der Waals surface area contributed by atoms with Crippen molar-refractivity contribution in [2.24, 2.45) is 0 Å². The summed E-state index contributed by atoms with van der Waals surface area (Å²) >= 11 is 3.23. The lowest BCUT2D eigenvalue weighted by atomic mass is 10.1. The highest BCUT2D eigenvalue weighted by Crippen LogP contribution is 2.23. The molecule has 20 heavy (non-hydrogen) atoms. The molecule has 1 amide bonds. The van der Waals surface area contributed by atoms with Crippen LogP contribution in [0.25, 0.3) is 0 Å². The quantitative estimate of drug-likeness (QED) is 0.863. The number of nitrogens with zero attached hydrogens (tertiary/aromatic N) is 1. The fourth-order valence-corrected chi connectivity index (χ4v) is 3.86. The van der Waals surface area contributed by atoms with Gasteiger partial charge in [-0.3, -0.25) is 4.79 Å². The molecule has 0 N–H and O–H groups in total. The Bertz CT molecular complexity index is 530. The Balaban J connectivity index is 1.80. The van der Waals surface area contributed by atoms with E-state index in [1.165, 1.54) is 16.2 Å². The fraction of sp³-hybridized carbons (Fsp3) is 0.400. The summed E-state index contributed by atoms with van der Waals surface area (Å²) in [6.07, 6.45) is 1.87. The molecule has 3 rings (SSSR count). The van der Waals surface area contributed by atoms with E-state index in [2.05, 4.69) is 11.4 Å². The number of ether oxygens (including phenoxy) is 1. The molecule has 3 nitrogen and oxygen atoms in total. The van der Waals surface area contributed by atoms with Crippen LogP contribution in [-0.4, -0.2) is 30.1 Å². The minimum absolute atomic E-state index is 0.153. The maximum atomic E-state index is 12.7. The van der Waals surface area contributed by atoms with Crippen LogP contribution in [0, 0.1) is 0 Å². The third-order valence-electron chi connectivity index (χ3n) is 3.53. The SMILES string of the molecule is O=C(c1cccs1)N(Cc1cccs1)C1CCOCC1. The second-order valence-electron chi connectivity index (χ2n) is 4.83. The highest BCUT2D eigenvalue weighted by atomic mass is 32.1. The molecule has 5 heteroatoms. The van der Waals surface area contributed by atoms with E-state index in [0.29, 0.717) is 12.6 Å². The summed E-state index contributed by atoms with van der Waals surface area (Å²) in [5, 5.41) is 4.02. The van der Waals surface area contributed by atoms with Gasteiger partial charge in [0.15, 0.2) is 0 Å². The van der Waals surface area contributed by atoms with E-state index in [-0.39, 0.29) is 5.91 Å². The van der Waals surface area contributed by atoms with Crippen LogP contribution in [0.1, 0.15) is 27.4 Å². The first-order valence-corrected chi connectivity index (χ1v) is 8.55. The molecule has 0 aromatic carbocycles. The third-order valence-corrected chi connectivity index (χ3v) is 5.25. The topological polar surface area (TPSA) is 29.5 Å². The van der Waals surface area contributed by atoms with Gasteiger partial charge in [0.1, 0.15) is 0 Å². The molecule has 106 valence electrons. The molecule has 1 aliphatic heterocycles. The summed E-state index contributed by atoms with van der Waals surface area (Å²) in [5.41, 5.74) is 0. The predicted molar refractivity (Wildman–Crippen MR) is 82.4 cm³/mol. The lowest BCUT2D eigenvalue weighted by Gasteiger charge is -2.33. The van der Waals surface area contributed by atoms with Gasteiger partial charge in [-0.25, -0.2) is 0 Å². The lowest BCUT2D eigenvalue weighted by Crippen LogP contribution is -2.42. The van der Waals surface area contributed by atoms with E-state index in [1.54, 1.807) is 11.3 Å².